The number of aliphatic hydroxyl groups excluding tert-OH is 1. The van der Waals surface area contributed by atoms with E-state index in [4.69, 9.17) is 37.0 Å². The number of esters is 4. The summed E-state index contributed by atoms with van der Waals surface area (Å²) < 4.78 is 68.7. The van der Waals surface area contributed by atoms with Gasteiger partial charge >= 0.3 is 39.5 Å². The molecule has 0 saturated carbocycles. The maximum atomic E-state index is 13.1. The smallest absolute Gasteiger partial charge is 0.462 e. The minimum Gasteiger partial charge on any atom is -0.462 e. The van der Waals surface area contributed by atoms with Crippen LogP contribution in [0.4, 0.5) is 0 Å². The van der Waals surface area contributed by atoms with Crippen molar-refractivity contribution < 1.29 is 80.2 Å². The van der Waals surface area contributed by atoms with E-state index in [1.807, 2.05) is 0 Å². The minimum atomic E-state index is -4.96. The van der Waals surface area contributed by atoms with Gasteiger partial charge in [0.05, 0.1) is 26.4 Å². The van der Waals surface area contributed by atoms with Crippen molar-refractivity contribution in [1.29, 1.82) is 0 Å². The molecule has 0 spiro atoms. The van der Waals surface area contributed by atoms with Crippen molar-refractivity contribution in [2.24, 2.45) is 17.8 Å². The fraction of sp³-hybridized carbons (Fsp3) is 0.950. The fourth-order valence-electron chi connectivity index (χ4n) is 12.3. The van der Waals surface area contributed by atoms with Gasteiger partial charge in [0.2, 0.25) is 0 Å². The summed E-state index contributed by atoms with van der Waals surface area (Å²) in [5.74, 6) is 0.221. The monoisotopic (exact) mass is 1450 g/mol. The third-order valence-corrected chi connectivity index (χ3v) is 20.9. The predicted molar refractivity (Wildman–Crippen MR) is 405 cm³/mol. The van der Waals surface area contributed by atoms with Crippen molar-refractivity contribution in [3.05, 3.63) is 0 Å². The van der Waals surface area contributed by atoms with Crippen LogP contribution in [0.1, 0.15) is 414 Å². The zero-order chi connectivity index (χ0) is 73.0. The molecule has 0 saturated heterocycles. The predicted octanol–water partition coefficient (Wildman–Crippen LogP) is 23.7. The molecule has 6 atom stereocenters. The Balaban J connectivity index is 5.25. The number of carbonyl (C=O) groups is 4. The van der Waals surface area contributed by atoms with Crippen molar-refractivity contribution in [2.75, 3.05) is 39.6 Å². The summed E-state index contributed by atoms with van der Waals surface area (Å²) in [5.41, 5.74) is 0. The maximum Gasteiger partial charge on any atom is 0.472 e. The van der Waals surface area contributed by atoms with Crippen LogP contribution in [0, 0.1) is 17.8 Å². The lowest BCUT2D eigenvalue weighted by atomic mass is 10.00. The summed E-state index contributed by atoms with van der Waals surface area (Å²) in [6.07, 6.45) is 58.2. The van der Waals surface area contributed by atoms with Gasteiger partial charge in [0, 0.05) is 25.7 Å². The molecule has 588 valence electrons. The Bertz CT molecular complexity index is 1920. The molecule has 0 amide bonds. The van der Waals surface area contributed by atoms with Crippen LogP contribution in [0.25, 0.3) is 0 Å². The Morgan fingerprint density at radius 2 is 0.515 bits per heavy atom. The maximum absolute atomic E-state index is 13.1. The molecule has 0 aliphatic heterocycles. The summed E-state index contributed by atoms with van der Waals surface area (Å²) in [7, 11) is -9.92. The summed E-state index contributed by atoms with van der Waals surface area (Å²) in [6, 6.07) is 0. The Kier molecular flexibility index (Phi) is 69.0. The Hall–Kier alpha value is -1.94. The van der Waals surface area contributed by atoms with Gasteiger partial charge in [-0.05, 0) is 43.4 Å². The van der Waals surface area contributed by atoms with Crippen molar-refractivity contribution in [3.8, 4) is 0 Å². The van der Waals surface area contributed by atoms with Crippen LogP contribution in [0.3, 0.4) is 0 Å². The number of phosphoric acid groups is 2. The van der Waals surface area contributed by atoms with Crippen LogP contribution in [0.15, 0.2) is 0 Å². The number of ether oxygens (including phenoxy) is 4. The van der Waals surface area contributed by atoms with E-state index in [-0.39, 0.29) is 25.7 Å². The Labute approximate surface area is 607 Å². The van der Waals surface area contributed by atoms with Gasteiger partial charge < -0.3 is 33.8 Å². The highest BCUT2D eigenvalue weighted by molar-refractivity contribution is 7.47. The quantitative estimate of drug-likeness (QED) is 0.0222. The topological polar surface area (TPSA) is 237 Å². The highest BCUT2D eigenvalue weighted by Crippen LogP contribution is 2.45. The molecule has 0 aromatic rings. The normalized spacial score (nSPS) is 14.3. The lowest BCUT2D eigenvalue weighted by molar-refractivity contribution is -0.161. The van der Waals surface area contributed by atoms with Crippen molar-refractivity contribution in [1.82, 2.24) is 0 Å². The van der Waals surface area contributed by atoms with Gasteiger partial charge in [-0.15, -0.1) is 0 Å². The first kappa shape index (κ1) is 97.1. The average Bonchev–Trinajstić information content (AvgIpc) is 1.17. The summed E-state index contributed by atoms with van der Waals surface area (Å²) in [6.45, 7) is 11.9. The number of hydrogen-bond donors (Lipinski definition) is 3. The molecule has 0 aromatic heterocycles. The first-order valence-corrected chi connectivity index (χ1v) is 44.4. The largest absolute Gasteiger partial charge is 0.472 e. The zero-order valence-corrected chi connectivity index (χ0v) is 66.8. The minimum absolute atomic E-state index is 0.107. The van der Waals surface area contributed by atoms with Crippen molar-refractivity contribution in [2.45, 2.75) is 433 Å². The van der Waals surface area contributed by atoms with E-state index in [9.17, 15) is 43.2 Å². The second kappa shape index (κ2) is 70.4. The van der Waals surface area contributed by atoms with Gasteiger partial charge in [0.1, 0.15) is 19.3 Å². The van der Waals surface area contributed by atoms with Gasteiger partial charge in [-0.25, -0.2) is 9.13 Å². The highest BCUT2D eigenvalue weighted by Gasteiger charge is 2.30. The molecule has 0 aliphatic carbocycles. The molecule has 19 heteroatoms. The number of unbranched alkanes of at least 4 members (excludes halogenated alkanes) is 45. The third kappa shape index (κ3) is 72.8. The summed E-state index contributed by atoms with van der Waals surface area (Å²) in [4.78, 5) is 73.0. The highest BCUT2D eigenvalue weighted by atomic mass is 31.2. The number of carbonyl (C=O) groups excluding carboxylic acids is 4. The van der Waals surface area contributed by atoms with E-state index in [1.54, 1.807) is 0 Å². The zero-order valence-electron chi connectivity index (χ0n) is 65.0. The second-order valence-electron chi connectivity index (χ2n) is 30.0. The molecule has 0 bridgehead atoms. The SMILES string of the molecule is CCCCCCCCCCCCCCCCC(=O)O[C@H](COC(=O)CCCCCCCCC(C)CC)COP(=O)(O)OC[C@H](O)COP(=O)(O)OC[C@@H](COC(=O)CCCCCCCCCCCCCCCCC(C)C)OC(=O)CCCCCCCCCCCCCCCCCC(C)C. The third-order valence-electron chi connectivity index (χ3n) is 19.0. The van der Waals surface area contributed by atoms with Gasteiger partial charge in [0.25, 0.3) is 0 Å². The number of phosphoric ester groups is 2. The molecule has 3 unspecified atom stereocenters. The van der Waals surface area contributed by atoms with Crippen molar-refractivity contribution >= 4 is 39.5 Å². The summed E-state index contributed by atoms with van der Waals surface area (Å²) in [5, 5.41) is 10.6. The van der Waals surface area contributed by atoms with Crippen LogP contribution in [0.2, 0.25) is 0 Å². The number of hydrogen-bond acceptors (Lipinski definition) is 15. The Morgan fingerprint density at radius 1 is 0.293 bits per heavy atom. The summed E-state index contributed by atoms with van der Waals surface area (Å²) >= 11 is 0. The molecule has 0 radical (unpaired) electrons. The van der Waals surface area contributed by atoms with Gasteiger partial charge in [0.15, 0.2) is 12.2 Å². The molecule has 17 nitrogen and oxygen atoms in total. The van der Waals surface area contributed by atoms with Crippen LogP contribution >= 0.6 is 15.6 Å². The molecule has 0 heterocycles. The van der Waals surface area contributed by atoms with E-state index in [1.165, 1.54) is 218 Å². The van der Waals surface area contributed by atoms with E-state index >= 15 is 0 Å². The van der Waals surface area contributed by atoms with Crippen molar-refractivity contribution in [3.63, 3.8) is 0 Å². The second-order valence-corrected chi connectivity index (χ2v) is 32.9. The lowest BCUT2D eigenvalue weighted by Gasteiger charge is -2.21. The van der Waals surface area contributed by atoms with E-state index in [0.717, 1.165) is 114 Å². The molecule has 0 aliphatic rings. The Morgan fingerprint density at radius 3 is 0.768 bits per heavy atom. The molecule has 3 N–H and O–H groups in total. The molecule has 99 heavy (non-hydrogen) atoms. The molecule has 0 aromatic carbocycles. The molecule has 0 fully saturated rings. The van der Waals surface area contributed by atoms with Gasteiger partial charge in [-0.1, -0.05) is 363 Å². The van der Waals surface area contributed by atoms with E-state index < -0.39 is 97.5 Å². The van der Waals surface area contributed by atoms with Gasteiger partial charge in [-0.3, -0.25) is 37.3 Å². The van der Waals surface area contributed by atoms with Gasteiger partial charge in [-0.2, -0.15) is 0 Å². The number of aliphatic hydroxyl groups is 1. The first-order valence-electron chi connectivity index (χ1n) is 41.4. The van der Waals surface area contributed by atoms with Crippen LogP contribution in [-0.2, 0) is 65.4 Å². The van der Waals surface area contributed by atoms with E-state index in [0.29, 0.717) is 25.7 Å². The van der Waals surface area contributed by atoms with E-state index in [2.05, 4.69) is 48.5 Å². The van der Waals surface area contributed by atoms with Crippen LogP contribution < -0.4 is 0 Å². The van der Waals surface area contributed by atoms with Crippen LogP contribution in [0.5, 0.6) is 0 Å². The van der Waals surface area contributed by atoms with Crippen LogP contribution in [-0.4, -0.2) is 96.7 Å². The number of rotatable bonds is 78. The first-order chi connectivity index (χ1) is 47.8. The molecule has 0 rings (SSSR count). The average molecular weight is 1450 g/mol. The molecular weight excluding hydrogens is 1290 g/mol. The molecular formula is C80H156O17P2. The lowest BCUT2D eigenvalue weighted by Crippen LogP contribution is -2.30. The fourth-order valence-corrected chi connectivity index (χ4v) is 13.9. The standard InChI is InChI=1S/C80H156O17P2/c1-8-10-11-12-13-14-15-16-24-30-35-40-49-56-63-80(85)97-76(68-91-78(83)62-55-48-43-42-46-53-60-73(7)9-2)70-95-99(88,89)93-66-74(81)65-92-98(86,87)94-69-75(67-90-77(82)61-54-47-39-34-29-25-21-20-23-28-33-38-45-52-59-72(5)6)96-79(84)64-57-50-41-36-31-26-19-17-18-22-27-32-37-44-51-58-71(3)4/h71-76,81H,8-70H2,1-7H3,(H,86,87)(H,88,89)/t73?,74-,75-,76-/m1/s1.